The van der Waals surface area contributed by atoms with E-state index in [2.05, 4.69) is 0 Å². The van der Waals surface area contributed by atoms with Crippen LogP contribution in [-0.4, -0.2) is 5.78 Å². The maximum atomic E-state index is 13.4. The maximum absolute atomic E-state index is 13.4. The monoisotopic (exact) mass is 198 g/mol. The molecule has 0 spiro atoms. The van der Waals surface area contributed by atoms with Gasteiger partial charge < -0.3 is 0 Å². The summed E-state index contributed by atoms with van der Waals surface area (Å²) in [5.41, 5.74) is -0.224. The van der Waals surface area contributed by atoms with Gasteiger partial charge in [-0.1, -0.05) is 37.3 Å². The van der Waals surface area contributed by atoms with Gasteiger partial charge in [-0.25, -0.2) is 0 Å². The highest BCUT2D eigenvalue weighted by molar-refractivity contribution is 5.86. The Morgan fingerprint density at radius 1 is 1.29 bits per heavy atom. The Labute approximate surface area is 81.7 Å². The molecule has 0 fully saturated rings. The van der Waals surface area contributed by atoms with E-state index in [-0.39, 0.29) is 12.0 Å². The predicted molar refractivity (Wildman–Crippen MR) is 50.3 cm³/mol. The summed E-state index contributed by atoms with van der Waals surface area (Å²) in [6.45, 7) is 1.71. The van der Waals surface area contributed by atoms with E-state index in [0.29, 0.717) is 6.42 Å². The number of carbonyl (C=O) groups excluding carboxylic acids is 1. The summed E-state index contributed by atoms with van der Waals surface area (Å²) in [4.78, 5) is 11.1. The molecule has 1 aromatic rings. The standard InChI is InChI=1S/C11H12F2O/c1-2-6-10(14)11(12,13)9-7-4-3-5-8-9/h3-5,7-8H,2,6H2,1H3. The summed E-state index contributed by atoms with van der Waals surface area (Å²) < 4.78 is 26.8. The van der Waals surface area contributed by atoms with Gasteiger partial charge in [0.25, 0.3) is 0 Å². The lowest BCUT2D eigenvalue weighted by Crippen LogP contribution is -2.25. The molecule has 0 unspecified atom stereocenters. The van der Waals surface area contributed by atoms with Gasteiger partial charge in [0.05, 0.1) is 0 Å². The molecule has 1 rings (SSSR count). The summed E-state index contributed by atoms with van der Waals surface area (Å²) in [6, 6.07) is 7.19. The second-order valence-electron chi connectivity index (χ2n) is 3.11. The van der Waals surface area contributed by atoms with E-state index in [4.69, 9.17) is 0 Å². The zero-order valence-corrected chi connectivity index (χ0v) is 7.97. The van der Waals surface area contributed by atoms with Crippen molar-refractivity contribution in [3.8, 4) is 0 Å². The Balaban J connectivity index is 2.90. The predicted octanol–water partition coefficient (Wildman–Crippen LogP) is 3.15. The molecule has 3 heteroatoms. The van der Waals surface area contributed by atoms with Crippen molar-refractivity contribution in [3.63, 3.8) is 0 Å². The molecule has 0 amide bonds. The van der Waals surface area contributed by atoms with E-state index in [1.54, 1.807) is 13.0 Å². The third-order valence-electron chi connectivity index (χ3n) is 1.96. The Kier molecular flexibility index (Phi) is 3.33. The molecular formula is C11H12F2O. The molecule has 0 aliphatic carbocycles. The SMILES string of the molecule is CCCC(=O)C(F)(F)c1ccccc1. The number of rotatable bonds is 4. The first-order chi connectivity index (χ1) is 6.59. The molecule has 0 N–H and O–H groups in total. The maximum Gasteiger partial charge on any atom is 0.330 e. The molecule has 1 nitrogen and oxygen atoms in total. The fourth-order valence-electron chi connectivity index (χ4n) is 1.19. The molecule has 0 radical (unpaired) electrons. The number of ketones is 1. The molecule has 0 aliphatic heterocycles. The second kappa shape index (κ2) is 4.31. The van der Waals surface area contributed by atoms with E-state index in [9.17, 15) is 13.6 Å². The van der Waals surface area contributed by atoms with Gasteiger partial charge in [0.2, 0.25) is 5.78 Å². The molecule has 0 aromatic heterocycles. The van der Waals surface area contributed by atoms with Gasteiger partial charge in [0.1, 0.15) is 0 Å². The molecule has 1 aromatic carbocycles. The van der Waals surface area contributed by atoms with Crippen molar-refractivity contribution in [2.24, 2.45) is 0 Å². The normalized spacial score (nSPS) is 11.4. The Morgan fingerprint density at radius 2 is 1.86 bits per heavy atom. The van der Waals surface area contributed by atoms with Crippen LogP contribution >= 0.6 is 0 Å². The van der Waals surface area contributed by atoms with Gasteiger partial charge in [-0.15, -0.1) is 0 Å². The van der Waals surface area contributed by atoms with Crippen molar-refractivity contribution in [3.05, 3.63) is 35.9 Å². The Bertz CT molecular complexity index is 306. The van der Waals surface area contributed by atoms with Crippen LogP contribution < -0.4 is 0 Å². The number of Topliss-reactive ketones (excluding diaryl/α,β-unsaturated/α-hetero) is 1. The van der Waals surface area contributed by atoms with Crippen LogP contribution in [0.5, 0.6) is 0 Å². The molecule has 0 saturated carbocycles. The van der Waals surface area contributed by atoms with Gasteiger partial charge >= 0.3 is 5.92 Å². The minimum atomic E-state index is -3.34. The van der Waals surface area contributed by atoms with Gasteiger partial charge in [0.15, 0.2) is 0 Å². The van der Waals surface area contributed by atoms with Crippen molar-refractivity contribution >= 4 is 5.78 Å². The van der Waals surface area contributed by atoms with E-state index in [1.807, 2.05) is 0 Å². The molecule has 0 heterocycles. The first kappa shape index (κ1) is 10.8. The molecule has 0 bridgehead atoms. The van der Waals surface area contributed by atoms with Crippen LogP contribution in [0.4, 0.5) is 8.78 Å². The van der Waals surface area contributed by atoms with Crippen LogP contribution in [0.15, 0.2) is 30.3 Å². The highest BCUT2D eigenvalue weighted by Crippen LogP contribution is 2.30. The van der Waals surface area contributed by atoms with E-state index in [1.165, 1.54) is 24.3 Å². The van der Waals surface area contributed by atoms with Gasteiger partial charge in [-0.3, -0.25) is 4.79 Å². The molecule has 0 atom stereocenters. The summed E-state index contributed by atoms with van der Waals surface area (Å²) in [5, 5.41) is 0. The van der Waals surface area contributed by atoms with Crippen LogP contribution in [0.2, 0.25) is 0 Å². The second-order valence-corrected chi connectivity index (χ2v) is 3.11. The minimum absolute atomic E-state index is 0.0815. The zero-order chi connectivity index (χ0) is 10.6. The van der Waals surface area contributed by atoms with Crippen LogP contribution in [0.1, 0.15) is 25.3 Å². The Hall–Kier alpha value is -1.25. The number of carbonyl (C=O) groups is 1. The summed E-state index contributed by atoms with van der Waals surface area (Å²) in [5.74, 6) is -4.34. The summed E-state index contributed by atoms with van der Waals surface area (Å²) >= 11 is 0. The number of halogens is 2. The molecule has 14 heavy (non-hydrogen) atoms. The van der Waals surface area contributed by atoms with Crippen molar-refractivity contribution in [1.82, 2.24) is 0 Å². The largest absolute Gasteiger partial charge is 0.330 e. The van der Waals surface area contributed by atoms with Crippen LogP contribution in [0, 0.1) is 0 Å². The van der Waals surface area contributed by atoms with E-state index >= 15 is 0 Å². The molecule has 0 aliphatic rings. The molecular weight excluding hydrogens is 186 g/mol. The lowest BCUT2D eigenvalue weighted by Gasteiger charge is -2.14. The minimum Gasteiger partial charge on any atom is -0.293 e. The highest BCUT2D eigenvalue weighted by atomic mass is 19.3. The van der Waals surface area contributed by atoms with Crippen LogP contribution in [0.25, 0.3) is 0 Å². The molecule has 76 valence electrons. The van der Waals surface area contributed by atoms with Crippen molar-refractivity contribution < 1.29 is 13.6 Å². The highest BCUT2D eigenvalue weighted by Gasteiger charge is 2.39. The average molecular weight is 198 g/mol. The third-order valence-corrected chi connectivity index (χ3v) is 1.96. The number of benzene rings is 1. The van der Waals surface area contributed by atoms with Gasteiger partial charge in [-0.2, -0.15) is 8.78 Å². The van der Waals surface area contributed by atoms with Crippen molar-refractivity contribution in [1.29, 1.82) is 0 Å². The molecule has 0 saturated heterocycles. The first-order valence-electron chi connectivity index (χ1n) is 4.55. The average Bonchev–Trinajstić information content (AvgIpc) is 2.19. The van der Waals surface area contributed by atoms with Crippen molar-refractivity contribution in [2.45, 2.75) is 25.7 Å². The quantitative estimate of drug-likeness (QED) is 0.726. The lowest BCUT2D eigenvalue weighted by atomic mass is 10.0. The first-order valence-corrected chi connectivity index (χ1v) is 4.55. The fourth-order valence-corrected chi connectivity index (χ4v) is 1.19. The van der Waals surface area contributed by atoms with Crippen LogP contribution in [0.3, 0.4) is 0 Å². The summed E-state index contributed by atoms with van der Waals surface area (Å²) in [7, 11) is 0. The number of alkyl halides is 2. The van der Waals surface area contributed by atoms with Gasteiger partial charge in [-0.05, 0) is 6.42 Å². The smallest absolute Gasteiger partial charge is 0.293 e. The summed E-state index contributed by atoms with van der Waals surface area (Å²) in [6.07, 6.45) is 0.364. The topological polar surface area (TPSA) is 17.1 Å². The number of hydrogen-bond donors (Lipinski definition) is 0. The van der Waals surface area contributed by atoms with E-state index < -0.39 is 11.7 Å². The Morgan fingerprint density at radius 3 is 2.36 bits per heavy atom. The van der Waals surface area contributed by atoms with Crippen molar-refractivity contribution in [2.75, 3.05) is 0 Å². The lowest BCUT2D eigenvalue weighted by molar-refractivity contribution is -0.144. The number of hydrogen-bond acceptors (Lipinski definition) is 1. The van der Waals surface area contributed by atoms with Gasteiger partial charge in [0, 0.05) is 12.0 Å². The van der Waals surface area contributed by atoms with Crippen LogP contribution in [-0.2, 0) is 10.7 Å². The van der Waals surface area contributed by atoms with E-state index in [0.717, 1.165) is 0 Å². The fraction of sp³-hybridized carbons (Fsp3) is 0.364. The third kappa shape index (κ3) is 2.16. The zero-order valence-electron chi connectivity index (χ0n) is 7.97.